The van der Waals surface area contributed by atoms with E-state index >= 15 is 0 Å². The first-order valence-corrected chi connectivity index (χ1v) is 6.93. The number of rotatable bonds is 4. The molecule has 1 unspecified atom stereocenters. The van der Waals surface area contributed by atoms with Gasteiger partial charge in [-0.1, -0.05) is 23.7 Å². The van der Waals surface area contributed by atoms with Crippen LogP contribution in [-0.4, -0.2) is 12.1 Å². The van der Waals surface area contributed by atoms with Gasteiger partial charge in [-0.05, 0) is 44.0 Å². The second-order valence-corrected chi connectivity index (χ2v) is 5.26. The summed E-state index contributed by atoms with van der Waals surface area (Å²) in [6, 6.07) is 8.20. The van der Waals surface area contributed by atoms with Gasteiger partial charge in [-0.15, -0.1) is 0 Å². The van der Waals surface area contributed by atoms with Crippen molar-refractivity contribution in [2.24, 2.45) is 0 Å². The van der Waals surface area contributed by atoms with Crippen molar-refractivity contribution in [1.29, 1.82) is 0 Å². The maximum absolute atomic E-state index is 6.16. The van der Waals surface area contributed by atoms with Gasteiger partial charge in [0.05, 0.1) is 18.8 Å². The summed E-state index contributed by atoms with van der Waals surface area (Å²) in [5, 5.41) is 3.90. The first kappa shape index (κ1) is 14.7. The molecule has 0 bridgehead atoms. The smallest absolute Gasteiger partial charge is 0.152 e. The number of hydrogen-bond donors (Lipinski definition) is 1. The fourth-order valence-corrected chi connectivity index (χ4v) is 2.43. The summed E-state index contributed by atoms with van der Waals surface area (Å²) in [5.41, 5.74) is 4.21. The molecule has 0 saturated heterocycles. The van der Waals surface area contributed by atoms with E-state index in [1.807, 2.05) is 26.0 Å². The molecule has 0 aliphatic heterocycles. The zero-order valence-corrected chi connectivity index (χ0v) is 13.0. The Labute approximate surface area is 124 Å². The van der Waals surface area contributed by atoms with Crippen molar-refractivity contribution in [3.8, 4) is 5.75 Å². The van der Waals surface area contributed by atoms with Crippen molar-refractivity contribution in [3.05, 3.63) is 52.3 Å². The zero-order valence-electron chi connectivity index (χ0n) is 12.2. The molecule has 0 aliphatic carbocycles. The van der Waals surface area contributed by atoms with Crippen LogP contribution in [0.4, 0.5) is 5.69 Å². The van der Waals surface area contributed by atoms with E-state index in [4.69, 9.17) is 16.3 Å². The minimum absolute atomic E-state index is 0.0750. The van der Waals surface area contributed by atoms with E-state index in [9.17, 15) is 0 Å². The van der Waals surface area contributed by atoms with Crippen molar-refractivity contribution in [2.45, 2.75) is 26.8 Å². The van der Waals surface area contributed by atoms with Gasteiger partial charge < -0.3 is 10.1 Å². The van der Waals surface area contributed by atoms with Crippen LogP contribution in [0.25, 0.3) is 0 Å². The van der Waals surface area contributed by atoms with Gasteiger partial charge in [0.15, 0.2) is 5.15 Å². The van der Waals surface area contributed by atoms with Gasteiger partial charge in [0.1, 0.15) is 5.75 Å². The number of pyridine rings is 1. The van der Waals surface area contributed by atoms with Crippen LogP contribution in [0, 0.1) is 13.8 Å². The number of nitrogens with one attached hydrogen (secondary N) is 1. The lowest BCUT2D eigenvalue weighted by molar-refractivity contribution is 0.407. The van der Waals surface area contributed by atoms with E-state index in [-0.39, 0.29) is 6.04 Å². The zero-order chi connectivity index (χ0) is 14.7. The summed E-state index contributed by atoms with van der Waals surface area (Å²) < 4.78 is 5.46. The Kier molecular flexibility index (Phi) is 4.50. The van der Waals surface area contributed by atoms with Gasteiger partial charge in [-0.25, -0.2) is 4.98 Å². The highest BCUT2D eigenvalue weighted by Gasteiger charge is 2.14. The van der Waals surface area contributed by atoms with Gasteiger partial charge in [0.2, 0.25) is 0 Å². The lowest BCUT2D eigenvalue weighted by Crippen LogP contribution is -2.10. The SMILES string of the molecule is COc1cc(C)ccc1C(C)Nc1c(C)ccnc1Cl. The van der Waals surface area contributed by atoms with E-state index in [0.29, 0.717) is 5.15 Å². The van der Waals surface area contributed by atoms with Crippen LogP contribution in [0.2, 0.25) is 5.15 Å². The third kappa shape index (κ3) is 3.05. The summed E-state index contributed by atoms with van der Waals surface area (Å²) in [6.45, 7) is 6.14. The highest BCUT2D eigenvalue weighted by atomic mass is 35.5. The van der Waals surface area contributed by atoms with Crippen molar-refractivity contribution >= 4 is 17.3 Å². The van der Waals surface area contributed by atoms with Gasteiger partial charge in [-0.2, -0.15) is 0 Å². The minimum atomic E-state index is 0.0750. The number of ether oxygens (including phenoxy) is 1. The quantitative estimate of drug-likeness (QED) is 0.840. The molecule has 0 fully saturated rings. The number of anilines is 1. The molecule has 20 heavy (non-hydrogen) atoms. The van der Waals surface area contributed by atoms with Crippen molar-refractivity contribution in [3.63, 3.8) is 0 Å². The predicted molar refractivity (Wildman–Crippen MR) is 83.8 cm³/mol. The molecule has 0 radical (unpaired) electrons. The molecule has 1 aromatic carbocycles. The van der Waals surface area contributed by atoms with Crippen LogP contribution in [0.1, 0.15) is 29.7 Å². The van der Waals surface area contributed by atoms with Crippen molar-refractivity contribution < 1.29 is 4.74 Å². The highest BCUT2D eigenvalue weighted by molar-refractivity contribution is 6.32. The monoisotopic (exact) mass is 290 g/mol. The minimum Gasteiger partial charge on any atom is -0.496 e. The Hall–Kier alpha value is -1.74. The largest absolute Gasteiger partial charge is 0.496 e. The lowest BCUT2D eigenvalue weighted by Gasteiger charge is -2.20. The maximum atomic E-state index is 6.16. The molecule has 2 aromatic rings. The first-order valence-electron chi connectivity index (χ1n) is 6.55. The normalized spacial score (nSPS) is 12.1. The predicted octanol–water partition coefficient (Wildman–Crippen LogP) is 4.53. The van der Waals surface area contributed by atoms with Crippen LogP contribution >= 0.6 is 11.6 Å². The van der Waals surface area contributed by atoms with Crippen molar-refractivity contribution in [1.82, 2.24) is 4.98 Å². The number of aromatic nitrogens is 1. The number of nitrogens with zero attached hydrogens (tertiary/aromatic N) is 1. The van der Waals surface area contributed by atoms with Crippen LogP contribution in [-0.2, 0) is 0 Å². The number of halogens is 1. The second-order valence-electron chi connectivity index (χ2n) is 4.91. The molecule has 1 heterocycles. The molecular formula is C16H19ClN2O. The summed E-state index contributed by atoms with van der Waals surface area (Å²) in [7, 11) is 1.69. The molecule has 0 spiro atoms. The van der Waals surface area contributed by atoms with Crippen molar-refractivity contribution in [2.75, 3.05) is 12.4 Å². The lowest BCUT2D eigenvalue weighted by atomic mass is 10.0. The standard InChI is InChI=1S/C16H19ClN2O/c1-10-5-6-13(14(9-10)20-4)12(3)19-15-11(2)7-8-18-16(15)17/h5-9,12,19H,1-4H3. The Morgan fingerprint density at radius 1 is 1.25 bits per heavy atom. The highest BCUT2D eigenvalue weighted by Crippen LogP contribution is 2.31. The molecule has 106 valence electrons. The maximum Gasteiger partial charge on any atom is 0.152 e. The van der Waals surface area contributed by atoms with Gasteiger partial charge in [-0.3, -0.25) is 0 Å². The molecule has 3 nitrogen and oxygen atoms in total. The average Bonchev–Trinajstić information content (AvgIpc) is 2.42. The summed E-state index contributed by atoms with van der Waals surface area (Å²) >= 11 is 6.16. The fourth-order valence-electron chi connectivity index (χ4n) is 2.17. The van der Waals surface area contributed by atoms with E-state index < -0.39 is 0 Å². The average molecular weight is 291 g/mol. The Morgan fingerprint density at radius 3 is 2.65 bits per heavy atom. The summed E-state index contributed by atoms with van der Waals surface area (Å²) in [4.78, 5) is 4.12. The van der Waals surface area contributed by atoms with Crippen LogP contribution in [0.15, 0.2) is 30.5 Å². The third-order valence-electron chi connectivity index (χ3n) is 3.33. The van der Waals surface area contributed by atoms with Crippen LogP contribution < -0.4 is 10.1 Å². The Bertz CT molecular complexity index is 593. The van der Waals surface area contributed by atoms with E-state index in [2.05, 4.69) is 29.4 Å². The summed E-state index contributed by atoms with van der Waals surface area (Å²) in [6.07, 6.45) is 1.71. The van der Waals surface area contributed by atoms with Gasteiger partial charge >= 0.3 is 0 Å². The molecule has 0 saturated carbocycles. The summed E-state index contributed by atoms with van der Waals surface area (Å²) in [5.74, 6) is 0.877. The molecule has 1 N–H and O–H groups in total. The molecular weight excluding hydrogens is 272 g/mol. The van der Waals surface area contributed by atoms with E-state index in [0.717, 1.165) is 22.6 Å². The molecule has 1 atom stereocenters. The van der Waals surface area contributed by atoms with Crippen LogP contribution in [0.5, 0.6) is 5.75 Å². The van der Waals surface area contributed by atoms with Gasteiger partial charge in [0, 0.05) is 11.8 Å². The molecule has 4 heteroatoms. The number of benzene rings is 1. The number of hydrogen-bond acceptors (Lipinski definition) is 3. The van der Waals surface area contributed by atoms with Gasteiger partial charge in [0.25, 0.3) is 0 Å². The topological polar surface area (TPSA) is 34.1 Å². The van der Waals surface area contributed by atoms with E-state index in [1.54, 1.807) is 13.3 Å². The molecule has 2 rings (SSSR count). The Balaban J connectivity index is 2.31. The van der Waals surface area contributed by atoms with E-state index in [1.165, 1.54) is 5.56 Å². The molecule has 0 aliphatic rings. The molecule has 0 amide bonds. The first-order chi connectivity index (χ1) is 9.52. The number of aryl methyl sites for hydroxylation is 2. The van der Waals surface area contributed by atoms with Crippen LogP contribution in [0.3, 0.4) is 0 Å². The third-order valence-corrected chi connectivity index (χ3v) is 3.62. The number of methoxy groups -OCH3 is 1. The molecule has 1 aromatic heterocycles. The fraction of sp³-hybridized carbons (Fsp3) is 0.312. The Morgan fingerprint density at radius 2 is 2.00 bits per heavy atom. The second kappa shape index (κ2) is 6.14.